The maximum absolute atomic E-state index is 12.8. The molecule has 1 aliphatic heterocycles. The van der Waals surface area contributed by atoms with Gasteiger partial charge in [0.15, 0.2) is 11.3 Å². The summed E-state index contributed by atoms with van der Waals surface area (Å²) in [6.45, 7) is 2.18. The highest BCUT2D eigenvalue weighted by molar-refractivity contribution is 6.04. The van der Waals surface area contributed by atoms with Gasteiger partial charge in [-0.25, -0.2) is 4.68 Å². The third-order valence-corrected chi connectivity index (χ3v) is 5.73. The second-order valence-corrected chi connectivity index (χ2v) is 7.91. The normalized spacial score (nSPS) is 14.5. The average molecular weight is 431 g/mol. The largest absolute Gasteiger partial charge is 0.473 e. The van der Waals surface area contributed by atoms with Crippen molar-refractivity contribution in [1.29, 1.82) is 0 Å². The molecule has 3 aromatic heterocycles. The second-order valence-electron chi connectivity index (χ2n) is 7.91. The quantitative estimate of drug-likeness (QED) is 0.487. The Kier molecular flexibility index (Phi) is 5.60. The van der Waals surface area contributed by atoms with Crippen LogP contribution in [0.3, 0.4) is 0 Å². The molecule has 5 rings (SSSR count). The van der Waals surface area contributed by atoms with Crippen molar-refractivity contribution in [2.24, 2.45) is 7.05 Å². The van der Waals surface area contributed by atoms with Crippen LogP contribution in [0.5, 0.6) is 5.88 Å². The van der Waals surface area contributed by atoms with Crippen molar-refractivity contribution < 1.29 is 13.9 Å². The minimum absolute atomic E-state index is 0.162. The Morgan fingerprint density at radius 2 is 2.03 bits per heavy atom. The number of fused-ring (bicyclic) bond motifs is 1. The molecule has 0 atom stereocenters. The van der Waals surface area contributed by atoms with E-state index in [1.165, 1.54) is 0 Å². The molecule has 1 aromatic carbocycles. The lowest BCUT2D eigenvalue weighted by atomic mass is 10.1. The van der Waals surface area contributed by atoms with Gasteiger partial charge in [-0.15, -0.1) is 0 Å². The van der Waals surface area contributed by atoms with Crippen LogP contribution in [0.15, 0.2) is 59.2 Å². The van der Waals surface area contributed by atoms with E-state index in [9.17, 15) is 4.79 Å². The Hall–Kier alpha value is -3.65. The molecule has 1 aliphatic rings. The zero-order valence-electron chi connectivity index (χ0n) is 17.9. The van der Waals surface area contributed by atoms with Crippen LogP contribution in [0.2, 0.25) is 0 Å². The van der Waals surface area contributed by atoms with Gasteiger partial charge in [0, 0.05) is 30.3 Å². The molecule has 1 saturated heterocycles. The smallest absolute Gasteiger partial charge is 0.272 e. The summed E-state index contributed by atoms with van der Waals surface area (Å²) in [4.78, 5) is 17.4. The van der Waals surface area contributed by atoms with Gasteiger partial charge in [-0.3, -0.25) is 4.79 Å². The van der Waals surface area contributed by atoms with Crippen LogP contribution in [-0.2, 0) is 13.7 Å². The highest BCUT2D eigenvalue weighted by atomic mass is 16.5. The molecule has 0 aliphatic carbocycles. The third-order valence-electron chi connectivity index (χ3n) is 5.73. The number of nitrogens with one attached hydrogen (secondary N) is 2. The first-order valence-electron chi connectivity index (χ1n) is 10.8. The summed E-state index contributed by atoms with van der Waals surface area (Å²) in [5.41, 5.74) is 2.98. The number of aryl methyl sites for hydroxylation is 1. The van der Waals surface area contributed by atoms with Gasteiger partial charge in [0.25, 0.3) is 5.91 Å². The number of hydrogen-bond acceptors (Lipinski definition) is 6. The number of nitrogens with zero attached hydrogens (tertiary/aromatic N) is 3. The zero-order chi connectivity index (χ0) is 21.9. The molecule has 8 nitrogen and oxygen atoms in total. The number of aromatic nitrogens is 3. The number of piperidine rings is 1. The van der Waals surface area contributed by atoms with Gasteiger partial charge in [-0.1, -0.05) is 24.3 Å². The van der Waals surface area contributed by atoms with Gasteiger partial charge in [-0.05, 0) is 44.1 Å². The van der Waals surface area contributed by atoms with Crippen molar-refractivity contribution in [3.05, 3.63) is 66.1 Å². The van der Waals surface area contributed by atoms with Gasteiger partial charge in [0.2, 0.25) is 5.88 Å². The van der Waals surface area contributed by atoms with Crippen LogP contribution in [0.25, 0.3) is 22.4 Å². The number of furan rings is 1. The highest BCUT2D eigenvalue weighted by Gasteiger charge is 2.22. The molecule has 0 spiro atoms. The fraction of sp³-hybridized carbons (Fsp3) is 0.292. The molecule has 0 saturated carbocycles. The van der Waals surface area contributed by atoms with Crippen LogP contribution in [-0.4, -0.2) is 39.8 Å². The number of carbonyl (C=O) groups excluding carboxylic acids is 1. The summed E-state index contributed by atoms with van der Waals surface area (Å²) in [7, 11) is 1.78. The van der Waals surface area contributed by atoms with E-state index in [0.29, 0.717) is 29.2 Å². The molecule has 4 heterocycles. The summed E-state index contributed by atoms with van der Waals surface area (Å²) >= 11 is 0. The van der Waals surface area contributed by atoms with Gasteiger partial charge < -0.3 is 19.8 Å². The van der Waals surface area contributed by atoms with Crippen molar-refractivity contribution in [3.8, 4) is 17.2 Å². The van der Waals surface area contributed by atoms with Crippen LogP contribution >= 0.6 is 0 Å². The number of pyridine rings is 1. The van der Waals surface area contributed by atoms with E-state index in [1.807, 2.05) is 42.5 Å². The first-order valence-corrected chi connectivity index (χ1v) is 10.8. The Labute approximate surface area is 185 Å². The third kappa shape index (κ3) is 4.09. The van der Waals surface area contributed by atoms with E-state index in [2.05, 4.69) is 20.7 Å². The standard InChI is InChI=1S/C24H25N5O3/c1-29-23-19(22(28-29)24(30)26-17-10-12-25-13-11-17)8-9-21(27-23)32-15-16-5-2-3-6-18(16)20-7-4-14-31-20/h2-9,14,17,25H,10-13,15H2,1H3,(H,26,30). The Morgan fingerprint density at radius 3 is 2.84 bits per heavy atom. The van der Waals surface area contributed by atoms with E-state index >= 15 is 0 Å². The number of carbonyl (C=O) groups is 1. The lowest BCUT2D eigenvalue weighted by Crippen LogP contribution is -2.42. The predicted octanol–water partition coefficient (Wildman–Crippen LogP) is 3.29. The van der Waals surface area contributed by atoms with Gasteiger partial charge in [0.1, 0.15) is 12.4 Å². The number of ether oxygens (including phenoxy) is 1. The fourth-order valence-electron chi connectivity index (χ4n) is 4.05. The first kappa shape index (κ1) is 20.3. The topological polar surface area (TPSA) is 94.2 Å². The molecule has 32 heavy (non-hydrogen) atoms. The van der Waals surface area contributed by atoms with Crippen LogP contribution in [0, 0.1) is 0 Å². The molecule has 1 fully saturated rings. The summed E-state index contributed by atoms with van der Waals surface area (Å²) in [6, 6.07) is 15.5. The molecule has 2 N–H and O–H groups in total. The molecule has 0 unspecified atom stereocenters. The van der Waals surface area contributed by atoms with Crippen molar-refractivity contribution >= 4 is 16.9 Å². The number of hydrogen-bond donors (Lipinski definition) is 2. The number of benzene rings is 1. The van der Waals surface area contributed by atoms with E-state index in [1.54, 1.807) is 24.1 Å². The minimum atomic E-state index is -0.162. The maximum Gasteiger partial charge on any atom is 0.272 e. The molecule has 1 amide bonds. The van der Waals surface area contributed by atoms with Crippen LogP contribution in [0.1, 0.15) is 28.9 Å². The Balaban J connectivity index is 1.34. The SMILES string of the molecule is Cn1nc(C(=O)NC2CCNCC2)c2ccc(OCc3ccccc3-c3ccco3)nc21. The van der Waals surface area contributed by atoms with Crippen LogP contribution in [0.4, 0.5) is 0 Å². The minimum Gasteiger partial charge on any atom is -0.473 e. The lowest BCUT2D eigenvalue weighted by molar-refractivity contribution is 0.0925. The van der Waals surface area contributed by atoms with Crippen molar-refractivity contribution in [3.63, 3.8) is 0 Å². The highest BCUT2D eigenvalue weighted by Crippen LogP contribution is 2.26. The molecule has 164 valence electrons. The van der Waals surface area contributed by atoms with E-state index < -0.39 is 0 Å². The Bertz CT molecular complexity index is 1230. The van der Waals surface area contributed by atoms with E-state index in [4.69, 9.17) is 9.15 Å². The lowest BCUT2D eigenvalue weighted by Gasteiger charge is -2.23. The maximum atomic E-state index is 12.8. The summed E-state index contributed by atoms with van der Waals surface area (Å²) in [6.07, 6.45) is 3.50. The summed E-state index contributed by atoms with van der Waals surface area (Å²) < 4.78 is 13.1. The second kappa shape index (κ2) is 8.84. The van der Waals surface area contributed by atoms with E-state index in [-0.39, 0.29) is 11.9 Å². The fourth-order valence-corrected chi connectivity index (χ4v) is 4.05. The van der Waals surface area contributed by atoms with Crippen molar-refractivity contribution in [1.82, 2.24) is 25.4 Å². The summed E-state index contributed by atoms with van der Waals surface area (Å²) in [5.74, 6) is 1.11. The summed E-state index contributed by atoms with van der Waals surface area (Å²) in [5, 5.41) is 11.5. The van der Waals surface area contributed by atoms with Crippen LogP contribution < -0.4 is 15.4 Å². The molecule has 4 aromatic rings. The average Bonchev–Trinajstić information content (AvgIpc) is 3.47. The molecule has 0 radical (unpaired) electrons. The Morgan fingerprint density at radius 1 is 1.19 bits per heavy atom. The molecular formula is C24H25N5O3. The van der Waals surface area contributed by atoms with E-state index in [0.717, 1.165) is 42.8 Å². The monoisotopic (exact) mass is 431 g/mol. The van der Waals surface area contributed by atoms with Gasteiger partial charge in [0.05, 0.1) is 11.6 Å². The molecule has 8 heteroatoms. The predicted molar refractivity (Wildman–Crippen MR) is 120 cm³/mol. The number of rotatable bonds is 6. The molecule has 0 bridgehead atoms. The van der Waals surface area contributed by atoms with Crippen molar-refractivity contribution in [2.45, 2.75) is 25.5 Å². The van der Waals surface area contributed by atoms with Crippen molar-refractivity contribution in [2.75, 3.05) is 13.1 Å². The number of amides is 1. The van der Waals surface area contributed by atoms with Gasteiger partial charge >= 0.3 is 0 Å². The first-order chi connectivity index (χ1) is 15.7. The zero-order valence-corrected chi connectivity index (χ0v) is 17.9. The van der Waals surface area contributed by atoms with Gasteiger partial charge in [-0.2, -0.15) is 10.1 Å². The molecular weight excluding hydrogens is 406 g/mol.